The van der Waals surface area contributed by atoms with Crippen LogP contribution < -0.4 is 5.32 Å². The Balaban J connectivity index is 1.71. The van der Waals surface area contributed by atoms with Crippen molar-refractivity contribution in [2.75, 3.05) is 7.11 Å². The first kappa shape index (κ1) is 27.0. The van der Waals surface area contributed by atoms with Crippen LogP contribution in [0.3, 0.4) is 0 Å². The molecular weight excluding hydrogens is 491 g/mol. The van der Waals surface area contributed by atoms with Crippen molar-refractivity contribution < 1.29 is 22.7 Å². The van der Waals surface area contributed by atoms with Crippen molar-refractivity contribution >= 4 is 11.9 Å². The number of carbonyl (C=O) groups is 1. The number of hydrogen-bond donors (Lipinski definition) is 1. The summed E-state index contributed by atoms with van der Waals surface area (Å²) in [7, 11) is 1.33. The highest BCUT2D eigenvalue weighted by Crippen LogP contribution is 2.31. The number of ether oxygens (including phenoxy) is 1. The van der Waals surface area contributed by atoms with Crippen LogP contribution in [0.1, 0.15) is 35.6 Å². The van der Waals surface area contributed by atoms with Gasteiger partial charge in [-0.25, -0.2) is 9.79 Å². The Hall–Kier alpha value is -4.07. The van der Waals surface area contributed by atoms with Crippen LogP contribution >= 0.6 is 0 Å². The van der Waals surface area contributed by atoms with Crippen LogP contribution in [-0.2, 0) is 35.2 Å². The van der Waals surface area contributed by atoms with Gasteiger partial charge < -0.3 is 15.0 Å². The average Bonchev–Trinajstić information content (AvgIpc) is 2.92. The van der Waals surface area contributed by atoms with Crippen LogP contribution in [0.5, 0.6) is 0 Å². The molecule has 0 spiro atoms. The standard InChI is InChI=1S/C30H30F3N3O2/c1-21-27(28(37)38-2)26(17-16-22-10-5-3-6-11-22)35-29(34-19-23-12-7-4-8-13-23)36(21)20-24-14-9-15-25(18-24)30(31,32)33/h3-15,18,26H,16-17,19-20H2,1-2H3,(H,34,35). The van der Waals surface area contributed by atoms with Gasteiger partial charge in [-0.2, -0.15) is 13.2 Å². The molecule has 38 heavy (non-hydrogen) atoms. The number of benzene rings is 3. The van der Waals surface area contributed by atoms with Crippen molar-refractivity contribution in [3.63, 3.8) is 0 Å². The van der Waals surface area contributed by atoms with E-state index in [1.165, 1.54) is 13.2 Å². The third kappa shape index (κ3) is 6.62. The summed E-state index contributed by atoms with van der Waals surface area (Å²) in [5, 5.41) is 3.40. The molecule has 1 heterocycles. The minimum absolute atomic E-state index is 0.0995. The summed E-state index contributed by atoms with van der Waals surface area (Å²) in [6.45, 7) is 2.26. The number of esters is 1. The highest BCUT2D eigenvalue weighted by atomic mass is 19.4. The fourth-order valence-electron chi connectivity index (χ4n) is 4.54. The van der Waals surface area contributed by atoms with Crippen LogP contribution in [0.4, 0.5) is 13.2 Å². The molecular formula is C30H30F3N3O2. The zero-order chi connectivity index (χ0) is 27.1. The molecule has 0 fully saturated rings. The summed E-state index contributed by atoms with van der Waals surface area (Å²) in [6.07, 6.45) is -3.13. The number of halogens is 3. The quantitative estimate of drug-likeness (QED) is 0.363. The van der Waals surface area contributed by atoms with E-state index in [1.807, 2.05) is 60.7 Å². The molecule has 1 aliphatic heterocycles. The molecule has 3 aromatic carbocycles. The van der Waals surface area contributed by atoms with Crippen molar-refractivity contribution in [1.29, 1.82) is 0 Å². The largest absolute Gasteiger partial charge is 0.466 e. The Morgan fingerprint density at radius 1 is 0.947 bits per heavy atom. The lowest BCUT2D eigenvalue weighted by atomic mass is 9.95. The molecule has 8 heteroatoms. The maximum Gasteiger partial charge on any atom is 0.416 e. The first-order valence-corrected chi connectivity index (χ1v) is 12.4. The predicted octanol–water partition coefficient (Wildman–Crippen LogP) is 6.12. The van der Waals surface area contributed by atoms with E-state index in [4.69, 9.17) is 9.73 Å². The van der Waals surface area contributed by atoms with Gasteiger partial charge in [0.2, 0.25) is 0 Å². The number of nitrogens with one attached hydrogen (secondary N) is 1. The highest BCUT2D eigenvalue weighted by molar-refractivity contribution is 5.95. The van der Waals surface area contributed by atoms with Crippen molar-refractivity contribution in [3.8, 4) is 0 Å². The molecule has 1 N–H and O–H groups in total. The molecule has 5 nitrogen and oxygen atoms in total. The van der Waals surface area contributed by atoms with E-state index < -0.39 is 17.7 Å². The fourth-order valence-corrected chi connectivity index (χ4v) is 4.54. The summed E-state index contributed by atoms with van der Waals surface area (Å²) >= 11 is 0. The smallest absolute Gasteiger partial charge is 0.416 e. The van der Waals surface area contributed by atoms with Crippen molar-refractivity contribution in [2.24, 2.45) is 4.99 Å². The van der Waals surface area contributed by atoms with Gasteiger partial charge in [0.05, 0.1) is 37.4 Å². The summed E-state index contributed by atoms with van der Waals surface area (Å²) in [6, 6.07) is 24.4. The van der Waals surface area contributed by atoms with Crippen molar-refractivity contribution in [1.82, 2.24) is 10.2 Å². The summed E-state index contributed by atoms with van der Waals surface area (Å²) < 4.78 is 45.3. The summed E-state index contributed by atoms with van der Waals surface area (Å²) in [5.74, 6) is 0.0127. The Bertz CT molecular complexity index is 1310. The molecule has 0 saturated carbocycles. The average molecular weight is 522 g/mol. The van der Waals surface area contributed by atoms with Gasteiger partial charge in [0, 0.05) is 5.70 Å². The number of rotatable bonds is 8. The Morgan fingerprint density at radius 3 is 2.21 bits per heavy atom. The number of alkyl halides is 3. The molecule has 0 amide bonds. The van der Waals surface area contributed by atoms with Gasteiger partial charge >= 0.3 is 12.1 Å². The second kappa shape index (κ2) is 12.0. The molecule has 4 rings (SSSR count). The number of guanidine groups is 1. The third-order valence-corrected chi connectivity index (χ3v) is 6.52. The second-order valence-electron chi connectivity index (χ2n) is 9.12. The zero-order valence-corrected chi connectivity index (χ0v) is 21.3. The number of hydrogen-bond acceptors (Lipinski definition) is 3. The fraction of sp³-hybridized carbons (Fsp3) is 0.267. The van der Waals surface area contributed by atoms with Crippen molar-refractivity contribution in [2.45, 2.75) is 45.1 Å². The van der Waals surface area contributed by atoms with Crippen LogP contribution in [0.25, 0.3) is 0 Å². The lowest BCUT2D eigenvalue weighted by molar-refractivity contribution is -0.138. The third-order valence-electron chi connectivity index (χ3n) is 6.52. The number of methoxy groups -OCH3 is 1. The highest BCUT2D eigenvalue weighted by Gasteiger charge is 2.35. The van der Waals surface area contributed by atoms with E-state index in [9.17, 15) is 18.0 Å². The van der Waals surface area contributed by atoms with Gasteiger partial charge in [-0.05, 0) is 48.6 Å². The van der Waals surface area contributed by atoms with Gasteiger partial charge in [-0.3, -0.25) is 0 Å². The molecule has 1 aliphatic rings. The molecule has 3 aromatic rings. The second-order valence-corrected chi connectivity index (χ2v) is 9.12. The molecule has 1 atom stereocenters. The summed E-state index contributed by atoms with van der Waals surface area (Å²) in [4.78, 5) is 19.5. The lowest BCUT2D eigenvalue weighted by Crippen LogP contribution is -2.52. The minimum atomic E-state index is -4.45. The van der Waals surface area contributed by atoms with E-state index in [-0.39, 0.29) is 12.6 Å². The monoisotopic (exact) mass is 521 g/mol. The van der Waals surface area contributed by atoms with Crippen molar-refractivity contribution in [3.05, 3.63) is 118 Å². The molecule has 0 saturated heterocycles. The van der Waals surface area contributed by atoms with Crippen LogP contribution in [0.2, 0.25) is 0 Å². The van der Waals surface area contributed by atoms with Crippen LogP contribution in [0, 0.1) is 0 Å². The molecule has 0 aromatic heterocycles. The van der Waals surface area contributed by atoms with Crippen LogP contribution in [0.15, 0.2) is 101 Å². The van der Waals surface area contributed by atoms with Crippen LogP contribution in [-0.4, -0.2) is 30.0 Å². The first-order chi connectivity index (χ1) is 18.3. The van der Waals surface area contributed by atoms with Gasteiger partial charge in [0.15, 0.2) is 5.96 Å². The Kier molecular flexibility index (Phi) is 8.51. The normalized spacial score (nSPS) is 16.9. The summed E-state index contributed by atoms with van der Waals surface area (Å²) in [5.41, 5.74) is 2.87. The Morgan fingerprint density at radius 2 is 1.58 bits per heavy atom. The molecule has 0 aliphatic carbocycles. The van der Waals surface area contributed by atoms with E-state index in [1.54, 1.807) is 17.9 Å². The molecule has 0 bridgehead atoms. The SMILES string of the molecule is COC(=O)C1=C(C)N(Cc2cccc(C(F)(F)F)c2)C(=NCc2ccccc2)NC1CCc1ccccc1. The topological polar surface area (TPSA) is 53.9 Å². The van der Waals surface area contributed by atoms with Gasteiger partial charge in [0.25, 0.3) is 0 Å². The Labute approximate surface area is 220 Å². The molecule has 198 valence electrons. The van der Waals surface area contributed by atoms with Gasteiger partial charge in [0.1, 0.15) is 0 Å². The number of aryl methyl sites for hydroxylation is 1. The van der Waals surface area contributed by atoms with E-state index in [0.29, 0.717) is 42.2 Å². The van der Waals surface area contributed by atoms with E-state index >= 15 is 0 Å². The first-order valence-electron chi connectivity index (χ1n) is 12.4. The number of carbonyl (C=O) groups excluding carboxylic acids is 1. The number of nitrogens with zero attached hydrogens (tertiary/aromatic N) is 2. The maximum atomic E-state index is 13.4. The molecule has 0 radical (unpaired) electrons. The van der Waals surface area contributed by atoms with E-state index in [2.05, 4.69) is 5.32 Å². The molecule has 1 unspecified atom stereocenters. The zero-order valence-electron chi connectivity index (χ0n) is 21.3. The van der Waals surface area contributed by atoms with Gasteiger partial charge in [-0.15, -0.1) is 0 Å². The maximum absolute atomic E-state index is 13.4. The number of allylic oxidation sites excluding steroid dienone is 1. The lowest BCUT2D eigenvalue weighted by Gasteiger charge is -2.38. The van der Waals surface area contributed by atoms with E-state index in [0.717, 1.165) is 23.3 Å². The number of aliphatic imine (C=N–C) groups is 1. The van der Waals surface area contributed by atoms with Gasteiger partial charge in [-0.1, -0.05) is 72.8 Å². The predicted molar refractivity (Wildman–Crippen MR) is 141 cm³/mol. The minimum Gasteiger partial charge on any atom is -0.466 e.